The molecule has 4 fully saturated rings. The van der Waals surface area contributed by atoms with Crippen molar-refractivity contribution in [2.75, 3.05) is 6.54 Å². The van der Waals surface area contributed by atoms with Gasteiger partial charge in [0.25, 0.3) is 0 Å². The topological polar surface area (TPSA) is 26.0 Å². The lowest BCUT2D eigenvalue weighted by molar-refractivity contribution is -0.105. The Balaban J connectivity index is 1.77. The maximum Gasteiger partial charge on any atom is -0.00744 e. The van der Waals surface area contributed by atoms with Gasteiger partial charge >= 0.3 is 0 Å². The summed E-state index contributed by atoms with van der Waals surface area (Å²) in [4.78, 5) is 0. The van der Waals surface area contributed by atoms with E-state index in [-0.39, 0.29) is 0 Å². The molecule has 2 N–H and O–H groups in total. The van der Waals surface area contributed by atoms with Crippen LogP contribution >= 0.6 is 0 Å². The molecule has 17 heavy (non-hydrogen) atoms. The highest BCUT2D eigenvalue weighted by Crippen LogP contribution is 2.64. The molecule has 2 unspecified atom stereocenters. The minimum absolute atomic E-state index is 0.760. The first-order chi connectivity index (χ1) is 8.12. The van der Waals surface area contributed by atoms with Crippen LogP contribution in [0.2, 0.25) is 0 Å². The molecular formula is C16H29N. The second kappa shape index (κ2) is 4.26. The van der Waals surface area contributed by atoms with E-state index in [2.05, 4.69) is 13.8 Å². The third-order valence-corrected chi connectivity index (χ3v) is 5.94. The van der Waals surface area contributed by atoms with Crippen LogP contribution in [-0.4, -0.2) is 6.54 Å². The Bertz CT molecular complexity index is 263. The van der Waals surface area contributed by atoms with E-state index in [1.54, 1.807) is 32.1 Å². The molecule has 4 aliphatic rings. The zero-order chi connectivity index (χ0) is 12.0. The predicted molar refractivity (Wildman–Crippen MR) is 72.6 cm³/mol. The van der Waals surface area contributed by atoms with E-state index < -0.39 is 0 Å². The Morgan fingerprint density at radius 2 is 1.76 bits per heavy atom. The second-order valence-electron chi connectivity index (χ2n) is 7.81. The minimum atomic E-state index is 0.760. The van der Waals surface area contributed by atoms with Crippen molar-refractivity contribution in [2.45, 2.75) is 58.8 Å². The van der Waals surface area contributed by atoms with Gasteiger partial charge in [-0.15, -0.1) is 0 Å². The van der Waals surface area contributed by atoms with Crippen LogP contribution in [0.3, 0.4) is 0 Å². The van der Waals surface area contributed by atoms with Gasteiger partial charge in [0.15, 0.2) is 0 Å². The summed E-state index contributed by atoms with van der Waals surface area (Å²) in [5.74, 6) is 5.06. The Morgan fingerprint density at radius 3 is 2.29 bits per heavy atom. The Kier molecular flexibility index (Phi) is 3.01. The zero-order valence-electron chi connectivity index (χ0n) is 11.6. The van der Waals surface area contributed by atoms with Crippen LogP contribution in [0, 0.1) is 35.0 Å². The van der Waals surface area contributed by atoms with Crippen LogP contribution < -0.4 is 5.73 Å². The first-order valence-corrected chi connectivity index (χ1v) is 7.82. The van der Waals surface area contributed by atoms with Gasteiger partial charge in [-0.05, 0) is 86.5 Å². The average molecular weight is 235 g/mol. The highest BCUT2D eigenvalue weighted by atomic mass is 14.6. The molecule has 0 aromatic rings. The van der Waals surface area contributed by atoms with Crippen molar-refractivity contribution in [1.29, 1.82) is 0 Å². The fraction of sp³-hybridized carbons (Fsp3) is 1.00. The van der Waals surface area contributed by atoms with E-state index in [4.69, 9.17) is 5.73 Å². The summed E-state index contributed by atoms with van der Waals surface area (Å²) in [7, 11) is 0. The predicted octanol–water partition coefficient (Wildman–Crippen LogP) is 3.82. The van der Waals surface area contributed by atoms with E-state index in [1.165, 1.54) is 12.8 Å². The second-order valence-corrected chi connectivity index (χ2v) is 7.81. The highest BCUT2D eigenvalue weighted by Gasteiger charge is 2.54. The molecule has 4 bridgehead atoms. The molecule has 0 radical (unpaired) electrons. The van der Waals surface area contributed by atoms with Crippen molar-refractivity contribution in [2.24, 2.45) is 40.7 Å². The molecule has 0 saturated heterocycles. The first-order valence-electron chi connectivity index (χ1n) is 7.82. The summed E-state index contributed by atoms with van der Waals surface area (Å²) in [5.41, 5.74) is 6.58. The van der Waals surface area contributed by atoms with Crippen molar-refractivity contribution < 1.29 is 0 Å². The van der Waals surface area contributed by atoms with Crippen molar-refractivity contribution in [3.05, 3.63) is 0 Å². The van der Waals surface area contributed by atoms with Crippen LogP contribution in [-0.2, 0) is 0 Å². The van der Waals surface area contributed by atoms with Gasteiger partial charge in [-0.1, -0.05) is 13.8 Å². The molecule has 0 amide bonds. The Labute approximate surface area is 107 Å². The molecule has 4 rings (SSSR count). The SMILES string of the molecule is CC(C)CC12CC3CC(C1)C(CCN)C(C3)C2. The van der Waals surface area contributed by atoms with Crippen LogP contribution in [0.15, 0.2) is 0 Å². The highest BCUT2D eigenvalue weighted by molar-refractivity contribution is 5.04. The van der Waals surface area contributed by atoms with Gasteiger partial charge in [-0.25, -0.2) is 0 Å². The Morgan fingerprint density at radius 1 is 1.12 bits per heavy atom. The summed E-state index contributed by atoms with van der Waals surface area (Å²) < 4.78 is 0. The van der Waals surface area contributed by atoms with Gasteiger partial charge in [0.1, 0.15) is 0 Å². The third kappa shape index (κ3) is 2.05. The molecule has 4 saturated carbocycles. The molecular weight excluding hydrogens is 206 g/mol. The molecule has 0 spiro atoms. The van der Waals surface area contributed by atoms with Gasteiger partial charge < -0.3 is 5.73 Å². The molecule has 4 aliphatic carbocycles. The minimum Gasteiger partial charge on any atom is -0.330 e. The summed E-state index contributed by atoms with van der Waals surface area (Å²) in [6.45, 7) is 5.74. The molecule has 1 heteroatoms. The van der Waals surface area contributed by atoms with Gasteiger partial charge in [0.2, 0.25) is 0 Å². The quantitative estimate of drug-likeness (QED) is 0.787. The number of hydrogen-bond acceptors (Lipinski definition) is 1. The van der Waals surface area contributed by atoms with E-state index in [9.17, 15) is 0 Å². The van der Waals surface area contributed by atoms with Crippen molar-refractivity contribution in [3.8, 4) is 0 Å². The summed E-state index contributed by atoms with van der Waals surface area (Å²) in [6.07, 6.45) is 10.5. The van der Waals surface area contributed by atoms with Gasteiger partial charge in [0, 0.05) is 0 Å². The summed E-state index contributed by atoms with van der Waals surface area (Å²) in [6, 6.07) is 0. The lowest BCUT2D eigenvalue weighted by Crippen LogP contribution is -2.51. The van der Waals surface area contributed by atoms with Gasteiger partial charge in [0.05, 0.1) is 0 Å². The van der Waals surface area contributed by atoms with E-state index >= 15 is 0 Å². The van der Waals surface area contributed by atoms with E-state index in [1.807, 2.05) is 0 Å². The molecule has 0 heterocycles. The maximum absolute atomic E-state index is 5.82. The molecule has 1 nitrogen and oxygen atoms in total. The molecule has 0 aromatic carbocycles. The number of nitrogens with two attached hydrogens (primary N) is 1. The maximum atomic E-state index is 5.82. The first kappa shape index (κ1) is 12.0. The average Bonchev–Trinajstić information content (AvgIpc) is 2.20. The number of rotatable bonds is 4. The van der Waals surface area contributed by atoms with Crippen LogP contribution in [0.25, 0.3) is 0 Å². The molecule has 0 aromatic heterocycles. The van der Waals surface area contributed by atoms with Gasteiger partial charge in [-0.3, -0.25) is 0 Å². The monoisotopic (exact) mass is 235 g/mol. The van der Waals surface area contributed by atoms with Crippen LogP contribution in [0.5, 0.6) is 0 Å². The van der Waals surface area contributed by atoms with Crippen LogP contribution in [0.1, 0.15) is 58.8 Å². The summed E-state index contributed by atoms with van der Waals surface area (Å²) >= 11 is 0. The molecule has 2 atom stereocenters. The Hall–Kier alpha value is -0.0400. The molecule has 0 aliphatic heterocycles. The lowest BCUT2D eigenvalue weighted by Gasteiger charge is -2.61. The fourth-order valence-corrected chi connectivity index (χ4v) is 6.08. The van der Waals surface area contributed by atoms with E-state index in [0.29, 0.717) is 0 Å². The van der Waals surface area contributed by atoms with Crippen molar-refractivity contribution >= 4 is 0 Å². The van der Waals surface area contributed by atoms with Crippen LogP contribution in [0.4, 0.5) is 0 Å². The van der Waals surface area contributed by atoms with Gasteiger partial charge in [-0.2, -0.15) is 0 Å². The smallest absolute Gasteiger partial charge is 0.00744 e. The lowest BCUT2D eigenvalue weighted by atomic mass is 9.44. The standard InChI is InChI=1S/C16H29N/c1-11(2)7-16-8-12-5-13(9-16)15(3-4-17)14(6-12)10-16/h11-15H,3-10,17H2,1-2H3. The molecule has 98 valence electrons. The fourth-order valence-electron chi connectivity index (χ4n) is 6.08. The zero-order valence-corrected chi connectivity index (χ0v) is 11.6. The summed E-state index contributed by atoms with van der Waals surface area (Å²) in [5, 5.41) is 0. The van der Waals surface area contributed by atoms with Crippen molar-refractivity contribution in [3.63, 3.8) is 0 Å². The largest absolute Gasteiger partial charge is 0.330 e. The third-order valence-electron chi connectivity index (χ3n) is 5.94. The normalized spacial score (nSPS) is 48.0. The van der Waals surface area contributed by atoms with E-state index in [0.717, 1.165) is 41.5 Å². The van der Waals surface area contributed by atoms with Crippen molar-refractivity contribution in [1.82, 2.24) is 0 Å². The number of hydrogen-bond donors (Lipinski definition) is 1.